The number of aromatic nitrogens is 2. The molecule has 0 spiro atoms. The van der Waals surface area contributed by atoms with Crippen molar-refractivity contribution in [2.24, 2.45) is 0 Å². The van der Waals surface area contributed by atoms with Crippen molar-refractivity contribution in [3.63, 3.8) is 0 Å². The summed E-state index contributed by atoms with van der Waals surface area (Å²) >= 11 is 1.90. The number of benzene rings is 9. The van der Waals surface area contributed by atoms with Crippen LogP contribution in [0.25, 0.3) is 109 Å². The Balaban J connectivity index is 1.17. The third-order valence-electron chi connectivity index (χ3n) is 11.7. The molecular formula is C54H34N2S. The first-order valence-corrected chi connectivity index (χ1v) is 20.3. The molecule has 0 N–H and O–H groups in total. The fourth-order valence-corrected chi connectivity index (χ4v) is 10.4. The van der Waals surface area contributed by atoms with Gasteiger partial charge in [0.15, 0.2) is 0 Å². The number of rotatable bonds is 5. The fraction of sp³-hybridized carbons (Fsp3) is 0. The third-order valence-corrected chi connectivity index (χ3v) is 12.9. The quantitative estimate of drug-likeness (QED) is 0.166. The predicted octanol–water partition coefficient (Wildman–Crippen LogP) is 15.2. The van der Waals surface area contributed by atoms with E-state index in [0.29, 0.717) is 0 Å². The monoisotopic (exact) mass is 742 g/mol. The molecule has 0 atom stereocenters. The summed E-state index contributed by atoms with van der Waals surface area (Å²) in [6.07, 6.45) is 0. The van der Waals surface area contributed by atoms with Crippen molar-refractivity contribution < 1.29 is 0 Å². The Hall–Kier alpha value is -7.20. The lowest BCUT2D eigenvalue weighted by atomic mass is 9.91. The maximum absolute atomic E-state index is 2.48. The van der Waals surface area contributed by atoms with E-state index in [4.69, 9.17) is 0 Å². The molecule has 0 aliphatic heterocycles. The van der Waals surface area contributed by atoms with Gasteiger partial charge in [-0.05, 0) is 100 Å². The first-order valence-electron chi connectivity index (χ1n) is 19.5. The molecule has 0 aliphatic rings. The van der Waals surface area contributed by atoms with Crippen LogP contribution in [-0.4, -0.2) is 9.13 Å². The van der Waals surface area contributed by atoms with Crippen LogP contribution < -0.4 is 0 Å². The van der Waals surface area contributed by atoms with Gasteiger partial charge in [-0.15, -0.1) is 11.3 Å². The number of para-hydroxylation sites is 3. The molecule has 9 aromatic carbocycles. The summed E-state index contributed by atoms with van der Waals surface area (Å²) < 4.78 is 7.50. The number of fused-ring (bicyclic) bond motifs is 9. The first kappa shape index (κ1) is 32.1. The van der Waals surface area contributed by atoms with Gasteiger partial charge in [-0.3, -0.25) is 0 Å². The number of nitrogens with zero attached hydrogens (tertiary/aromatic N) is 2. The number of hydrogen-bond acceptors (Lipinski definition) is 1. The lowest BCUT2D eigenvalue weighted by Crippen LogP contribution is -1.93. The topological polar surface area (TPSA) is 9.86 Å². The Bertz CT molecular complexity index is 3390. The Morgan fingerprint density at radius 3 is 1.53 bits per heavy atom. The van der Waals surface area contributed by atoms with Crippen LogP contribution in [0.1, 0.15) is 0 Å². The predicted molar refractivity (Wildman–Crippen MR) is 244 cm³/mol. The van der Waals surface area contributed by atoms with Crippen LogP contribution in [0.15, 0.2) is 206 Å². The molecule has 0 bridgehead atoms. The molecule has 0 saturated heterocycles. The van der Waals surface area contributed by atoms with Crippen LogP contribution in [0.3, 0.4) is 0 Å². The molecular weight excluding hydrogens is 709 g/mol. The van der Waals surface area contributed by atoms with Gasteiger partial charge < -0.3 is 9.13 Å². The molecule has 3 heteroatoms. The minimum Gasteiger partial charge on any atom is -0.309 e. The lowest BCUT2D eigenvalue weighted by molar-refractivity contribution is 1.18. The molecule has 0 aliphatic carbocycles. The van der Waals surface area contributed by atoms with Gasteiger partial charge in [-0.1, -0.05) is 140 Å². The maximum atomic E-state index is 2.48. The summed E-state index contributed by atoms with van der Waals surface area (Å²) in [7, 11) is 0. The van der Waals surface area contributed by atoms with E-state index in [1.54, 1.807) is 0 Å². The Morgan fingerprint density at radius 1 is 0.316 bits per heavy atom. The van der Waals surface area contributed by atoms with Gasteiger partial charge in [0.2, 0.25) is 0 Å². The van der Waals surface area contributed by atoms with Gasteiger partial charge in [0.25, 0.3) is 0 Å². The van der Waals surface area contributed by atoms with E-state index in [1.165, 1.54) is 103 Å². The van der Waals surface area contributed by atoms with Gasteiger partial charge in [-0.2, -0.15) is 0 Å². The number of thiophene rings is 1. The molecule has 0 amide bonds. The lowest BCUT2D eigenvalue weighted by Gasteiger charge is -2.13. The maximum Gasteiger partial charge on any atom is 0.0640 e. The van der Waals surface area contributed by atoms with Gasteiger partial charge in [-0.25, -0.2) is 0 Å². The Morgan fingerprint density at radius 2 is 0.860 bits per heavy atom. The highest BCUT2D eigenvalue weighted by Gasteiger charge is 2.21. The molecule has 12 aromatic rings. The minimum atomic E-state index is 1.16. The van der Waals surface area contributed by atoms with E-state index in [-0.39, 0.29) is 0 Å². The molecule has 266 valence electrons. The first-order chi connectivity index (χ1) is 28.3. The molecule has 12 rings (SSSR count). The van der Waals surface area contributed by atoms with Crippen LogP contribution >= 0.6 is 11.3 Å². The summed E-state index contributed by atoms with van der Waals surface area (Å²) in [6, 6.07) is 75.6. The SMILES string of the molecule is c1ccc(-c2cc(-c3ccccc3)cc(-c3cccc4c3c3cc5c(cc3n4-c3ccccc3)sc3c(-n4c6ccccc6c6ccccc64)cccc35)c2)cc1. The van der Waals surface area contributed by atoms with Crippen LogP contribution in [0.2, 0.25) is 0 Å². The van der Waals surface area contributed by atoms with Crippen molar-refractivity contribution in [3.8, 4) is 44.8 Å². The highest BCUT2D eigenvalue weighted by atomic mass is 32.1. The molecule has 3 aromatic heterocycles. The van der Waals surface area contributed by atoms with Gasteiger partial charge >= 0.3 is 0 Å². The smallest absolute Gasteiger partial charge is 0.0640 e. The molecule has 3 heterocycles. The minimum absolute atomic E-state index is 1.16. The van der Waals surface area contributed by atoms with E-state index in [0.717, 1.165) is 5.69 Å². The van der Waals surface area contributed by atoms with Crippen molar-refractivity contribution in [3.05, 3.63) is 206 Å². The molecule has 2 nitrogen and oxygen atoms in total. The van der Waals surface area contributed by atoms with Crippen molar-refractivity contribution in [1.82, 2.24) is 9.13 Å². The van der Waals surface area contributed by atoms with E-state index < -0.39 is 0 Å². The Kier molecular flexibility index (Phi) is 7.13. The molecule has 0 radical (unpaired) electrons. The zero-order valence-electron chi connectivity index (χ0n) is 30.9. The summed E-state index contributed by atoms with van der Waals surface area (Å²) in [5.74, 6) is 0. The largest absolute Gasteiger partial charge is 0.309 e. The van der Waals surface area contributed by atoms with Crippen molar-refractivity contribution in [1.29, 1.82) is 0 Å². The van der Waals surface area contributed by atoms with Gasteiger partial charge in [0.05, 0.1) is 32.5 Å². The molecule has 57 heavy (non-hydrogen) atoms. The second-order valence-corrected chi connectivity index (χ2v) is 15.9. The second-order valence-electron chi connectivity index (χ2n) is 14.9. The van der Waals surface area contributed by atoms with Crippen molar-refractivity contribution >= 4 is 75.1 Å². The molecule has 0 unspecified atom stereocenters. The van der Waals surface area contributed by atoms with Crippen LogP contribution in [0.4, 0.5) is 0 Å². The van der Waals surface area contributed by atoms with E-state index in [2.05, 4.69) is 215 Å². The zero-order valence-corrected chi connectivity index (χ0v) is 31.7. The molecule has 0 fully saturated rings. The zero-order chi connectivity index (χ0) is 37.5. The second kappa shape index (κ2) is 12.7. The summed E-state index contributed by atoms with van der Waals surface area (Å²) in [5, 5.41) is 7.65. The summed E-state index contributed by atoms with van der Waals surface area (Å²) in [6.45, 7) is 0. The fourth-order valence-electron chi connectivity index (χ4n) is 9.17. The van der Waals surface area contributed by atoms with E-state index in [1.807, 2.05) is 11.3 Å². The Labute approximate surface area is 333 Å². The van der Waals surface area contributed by atoms with Crippen LogP contribution in [-0.2, 0) is 0 Å². The van der Waals surface area contributed by atoms with E-state index >= 15 is 0 Å². The number of hydrogen-bond donors (Lipinski definition) is 0. The van der Waals surface area contributed by atoms with Gasteiger partial charge in [0, 0.05) is 42.7 Å². The summed E-state index contributed by atoms with van der Waals surface area (Å²) in [5.41, 5.74) is 14.5. The average Bonchev–Trinajstić information content (AvgIpc) is 3.93. The van der Waals surface area contributed by atoms with Crippen LogP contribution in [0.5, 0.6) is 0 Å². The van der Waals surface area contributed by atoms with Crippen LogP contribution in [0, 0.1) is 0 Å². The average molecular weight is 743 g/mol. The highest BCUT2D eigenvalue weighted by molar-refractivity contribution is 7.26. The van der Waals surface area contributed by atoms with E-state index in [9.17, 15) is 0 Å². The standard InChI is InChI=1S/C54H34N2S/c1-4-16-35(17-5-1)37-30-38(36-18-6-2-7-19-36)32-39(31-37)41-24-14-28-49-53(41)46-33-45-44-25-15-29-50(56-47-26-12-10-22-42(47)43-23-11-13-27-48(43)56)54(44)57-52(45)34-51(46)55(49)40-20-8-3-9-21-40/h1-34H. The van der Waals surface area contributed by atoms with Gasteiger partial charge in [0.1, 0.15) is 0 Å². The normalized spacial score (nSPS) is 11.9. The van der Waals surface area contributed by atoms with Crippen molar-refractivity contribution in [2.75, 3.05) is 0 Å². The summed E-state index contributed by atoms with van der Waals surface area (Å²) in [4.78, 5) is 0. The highest BCUT2D eigenvalue weighted by Crippen LogP contribution is 2.46. The molecule has 0 saturated carbocycles. The third kappa shape index (κ3) is 4.96. The van der Waals surface area contributed by atoms with Crippen molar-refractivity contribution in [2.45, 2.75) is 0 Å².